The lowest BCUT2D eigenvalue weighted by atomic mass is 10.3. The Labute approximate surface area is 164 Å². The molecule has 1 aromatic heterocycles. The molecule has 0 unspecified atom stereocenters. The maximum Gasteiger partial charge on any atom is 0.356 e. The van der Waals surface area contributed by atoms with Crippen molar-refractivity contribution in [3.63, 3.8) is 0 Å². The quantitative estimate of drug-likeness (QED) is 0.353. The van der Waals surface area contributed by atoms with Gasteiger partial charge < -0.3 is 10.4 Å². The molecule has 150 valence electrons. The molecule has 0 aliphatic rings. The Balaban J connectivity index is 2.02. The fraction of sp³-hybridized carbons (Fsp3) is 0.0588. The molecule has 0 spiro atoms. The summed E-state index contributed by atoms with van der Waals surface area (Å²) in [6, 6.07) is 11.3. The van der Waals surface area contributed by atoms with Gasteiger partial charge in [0.05, 0.1) is 16.3 Å². The van der Waals surface area contributed by atoms with E-state index in [1.807, 2.05) is 0 Å². The zero-order valence-electron chi connectivity index (χ0n) is 14.9. The summed E-state index contributed by atoms with van der Waals surface area (Å²) in [6.45, 7) is 0. The van der Waals surface area contributed by atoms with Gasteiger partial charge in [0.1, 0.15) is 0 Å². The molecule has 0 saturated carbocycles. The van der Waals surface area contributed by atoms with Crippen LogP contribution in [-0.4, -0.2) is 40.9 Å². The molecule has 0 saturated heterocycles. The van der Waals surface area contributed by atoms with Crippen molar-refractivity contribution in [2.45, 2.75) is 4.90 Å². The predicted molar refractivity (Wildman–Crippen MR) is 103 cm³/mol. The van der Waals surface area contributed by atoms with E-state index in [0.29, 0.717) is 5.69 Å². The van der Waals surface area contributed by atoms with Gasteiger partial charge in [-0.3, -0.25) is 14.4 Å². The average molecular weight is 417 g/mol. The number of azo groups is 1. The predicted octanol–water partition coefficient (Wildman–Crippen LogP) is 2.57. The maximum absolute atomic E-state index is 12.6. The number of carboxylic acid groups (broad SMARTS) is 1. The molecular weight excluding hydrogens is 402 g/mol. The lowest BCUT2D eigenvalue weighted by Gasteiger charge is -2.02. The van der Waals surface area contributed by atoms with Gasteiger partial charge in [0.25, 0.3) is 15.7 Å². The first-order chi connectivity index (χ1) is 13.7. The number of aromatic amines is 1. The number of carbonyl (C=O) groups is 1. The minimum atomic E-state index is -4.40. The number of hydrogen-bond acceptors (Lipinski definition) is 7. The van der Waals surface area contributed by atoms with Crippen LogP contribution in [0.3, 0.4) is 0 Å². The van der Waals surface area contributed by atoms with Gasteiger partial charge in [0.15, 0.2) is 11.4 Å². The van der Waals surface area contributed by atoms with Crippen LogP contribution in [0.2, 0.25) is 0 Å². The Bertz CT molecular complexity index is 1240. The highest BCUT2D eigenvalue weighted by Gasteiger charge is 2.21. The Hall–Kier alpha value is -3.77. The van der Waals surface area contributed by atoms with Crippen LogP contribution < -0.4 is 10.9 Å². The van der Waals surface area contributed by atoms with Crippen LogP contribution in [-0.2, 0) is 10.1 Å². The first kappa shape index (κ1) is 20.0. The lowest BCUT2D eigenvalue weighted by molar-refractivity contribution is 0.0690. The number of nitrogens with zero attached hydrogens (tertiary/aromatic N) is 3. The first-order valence-electron chi connectivity index (χ1n) is 8.06. The first-order valence-corrected chi connectivity index (χ1v) is 9.50. The number of H-pyrrole nitrogens is 1. The van der Waals surface area contributed by atoms with Crippen LogP contribution >= 0.6 is 0 Å². The van der Waals surface area contributed by atoms with E-state index in [1.54, 1.807) is 31.3 Å². The van der Waals surface area contributed by atoms with E-state index in [-0.39, 0.29) is 10.6 Å². The number of rotatable bonds is 6. The number of hydrogen-bond donors (Lipinski definition) is 4. The molecule has 0 fully saturated rings. The van der Waals surface area contributed by atoms with E-state index < -0.39 is 33.0 Å². The number of carboxylic acids is 1. The van der Waals surface area contributed by atoms with Crippen LogP contribution in [0.25, 0.3) is 5.69 Å². The van der Waals surface area contributed by atoms with Crippen LogP contribution in [0.5, 0.6) is 0 Å². The van der Waals surface area contributed by atoms with Crippen LogP contribution in [0.4, 0.5) is 17.1 Å². The summed E-state index contributed by atoms with van der Waals surface area (Å²) in [6.07, 6.45) is 0. The molecule has 0 atom stereocenters. The number of aromatic nitrogens is 2. The van der Waals surface area contributed by atoms with Crippen molar-refractivity contribution < 1.29 is 22.9 Å². The van der Waals surface area contributed by atoms with E-state index in [1.165, 1.54) is 12.1 Å². The average Bonchev–Trinajstić information content (AvgIpc) is 3.03. The Morgan fingerprint density at radius 1 is 1.07 bits per heavy atom. The highest BCUT2D eigenvalue weighted by atomic mass is 32.2. The third-order valence-electron chi connectivity index (χ3n) is 3.89. The molecular formula is C17H15N5O6S. The van der Waals surface area contributed by atoms with E-state index in [2.05, 4.69) is 20.6 Å². The normalized spacial score (nSPS) is 11.7. The molecule has 0 aliphatic carbocycles. The molecule has 3 rings (SSSR count). The molecule has 1 heterocycles. The van der Waals surface area contributed by atoms with Gasteiger partial charge in [-0.05, 0) is 48.5 Å². The van der Waals surface area contributed by atoms with Crippen molar-refractivity contribution >= 4 is 33.1 Å². The third-order valence-corrected chi connectivity index (χ3v) is 4.76. The summed E-state index contributed by atoms with van der Waals surface area (Å²) in [7, 11) is -2.65. The van der Waals surface area contributed by atoms with Crippen molar-refractivity contribution in [3.05, 3.63) is 64.6 Å². The topological polar surface area (TPSA) is 166 Å². The molecule has 0 aliphatic heterocycles. The largest absolute Gasteiger partial charge is 0.476 e. The molecule has 0 radical (unpaired) electrons. The monoisotopic (exact) mass is 417 g/mol. The second-order valence-electron chi connectivity index (χ2n) is 5.75. The molecule has 4 N–H and O–H groups in total. The van der Waals surface area contributed by atoms with Gasteiger partial charge in [-0.2, -0.15) is 13.5 Å². The van der Waals surface area contributed by atoms with Gasteiger partial charge in [0, 0.05) is 12.7 Å². The van der Waals surface area contributed by atoms with Crippen molar-refractivity contribution in [3.8, 4) is 5.69 Å². The lowest BCUT2D eigenvalue weighted by Crippen LogP contribution is -2.14. The molecule has 3 aromatic rings. The fourth-order valence-electron chi connectivity index (χ4n) is 2.42. The van der Waals surface area contributed by atoms with E-state index in [0.717, 1.165) is 22.5 Å². The zero-order valence-corrected chi connectivity index (χ0v) is 15.7. The van der Waals surface area contributed by atoms with Crippen molar-refractivity contribution in [1.29, 1.82) is 0 Å². The third kappa shape index (κ3) is 4.23. The molecule has 0 bridgehead atoms. The number of aromatic carboxylic acids is 1. The maximum atomic E-state index is 12.6. The molecule has 29 heavy (non-hydrogen) atoms. The standard InChI is InChI=1S/C17H15N5O6S/c1-18-10-2-4-11(5-3-10)19-20-14-15(17(24)25)21-22(16(14)23)12-6-8-13(9-7-12)29(26,27)28/h2-9,18,21H,1H3,(H,24,25)(H,26,27,28). The molecule has 0 amide bonds. The molecule has 11 nitrogen and oxygen atoms in total. The van der Waals surface area contributed by atoms with Crippen LogP contribution in [0.1, 0.15) is 10.5 Å². The SMILES string of the molecule is CNc1ccc(N=Nc2c(C(=O)O)[nH]n(-c3ccc(S(=O)(=O)O)cc3)c2=O)cc1. The van der Waals surface area contributed by atoms with E-state index in [4.69, 9.17) is 4.55 Å². The highest BCUT2D eigenvalue weighted by Crippen LogP contribution is 2.21. The van der Waals surface area contributed by atoms with Gasteiger partial charge in [-0.1, -0.05) is 0 Å². The van der Waals surface area contributed by atoms with Crippen molar-refractivity contribution in [1.82, 2.24) is 9.78 Å². The van der Waals surface area contributed by atoms with Gasteiger partial charge in [-0.15, -0.1) is 5.11 Å². The molecule has 12 heteroatoms. The summed E-state index contributed by atoms with van der Waals surface area (Å²) in [4.78, 5) is 23.8. The Kier molecular flexibility index (Phi) is 5.30. The minimum Gasteiger partial charge on any atom is -0.476 e. The highest BCUT2D eigenvalue weighted by molar-refractivity contribution is 7.85. The van der Waals surface area contributed by atoms with Gasteiger partial charge in [-0.25, -0.2) is 9.48 Å². The summed E-state index contributed by atoms with van der Waals surface area (Å²) in [5.74, 6) is -1.42. The second kappa shape index (κ2) is 7.69. The summed E-state index contributed by atoms with van der Waals surface area (Å²) >= 11 is 0. The number of benzene rings is 2. The van der Waals surface area contributed by atoms with Crippen molar-refractivity contribution in [2.75, 3.05) is 12.4 Å². The zero-order chi connectivity index (χ0) is 21.2. The van der Waals surface area contributed by atoms with Gasteiger partial charge in [0.2, 0.25) is 0 Å². The Morgan fingerprint density at radius 3 is 2.21 bits per heavy atom. The second-order valence-corrected chi connectivity index (χ2v) is 7.17. The number of nitrogens with one attached hydrogen (secondary N) is 2. The summed E-state index contributed by atoms with van der Waals surface area (Å²) in [5.41, 5.74) is -0.307. The molecule has 2 aromatic carbocycles. The number of anilines is 1. The van der Waals surface area contributed by atoms with E-state index >= 15 is 0 Å². The smallest absolute Gasteiger partial charge is 0.356 e. The van der Waals surface area contributed by atoms with Crippen LogP contribution in [0.15, 0.2) is 68.4 Å². The summed E-state index contributed by atoms with van der Waals surface area (Å²) in [5, 5.41) is 22.4. The van der Waals surface area contributed by atoms with E-state index in [9.17, 15) is 23.1 Å². The Morgan fingerprint density at radius 2 is 1.69 bits per heavy atom. The summed E-state index contributed by atoms with van der Waals surface area (Å²) < 4.78 is 32.2. The van der Waals surface area contributed by atoms with Gasteiger partial charge >= 0.3 is 5.97 Å². The minimum absolute atomic E-state index is 0.143. The van der Waals surface area contributed by atoms with Crippen molar-refractivity contribution in [2.24, 2.45) is 10.2 Å². The van der Waals surface area contributed by atoms with Crippen LogP contribution in [0, 0.1) is 0 Å². The fourth-order valence-corrected chi connectivity index (χ4v) is 2.90.